The Morgan fingerprint density at radius 3 is 1.62 bits per heavy atom. The molecule has 12 nitrogen and oxygen atoms in total. The van der Waals surface area contributed by atoms with Crippen LogP contribution in [0.2, 0.25) is 0 Å². The molecule has 1 heterocycles. The Kier molecular flexibility index (Phi) is 29.1. The number of hydrogen-bond acceptors (Lipinski definition) is 11. The smallest absolute Gasteiger partial charge is 0.306 e. The van der Waals surface area contributed by atoms with Crippen molar-refractivity contribution in [3.05, 3.63) is 24.3 Å². The van der Waals surface area contributed by atoms with Crippen LogP contribution < -0.4 is 0 Å². The number of hydrogen-bond donors (Lipinski definition) is 4. The summed E-state index contributed by atoms with van der Waals surface area (Å²) in [5.74, 6) is -2.01. The lowest BCUT2D eigenvalue weighted by molar-refractivity contribution is -0.297. The highest BCUT2D eigenvalue weighted by Crippen LogP contribution is 2.24. The molecule has 6 atom stereocenters. The van der Waals surface area contributed by atoms with Gasteiger partial charge in [-0.25, -0.2) is 0 Å². The minimum absolute atomic E-state index is 0.143. The van der Waals surface area contributed by atoms with E-state index in [2.05, 4.69) is 38.2 Å². The van der Waals surface area contributed by atoms with Crippen molar-refractivity contribution in [1.29, 1.82) is 0 Å². The van der Waals surface area contributed by atoms with Crippen LogP contribution in [0.4, 0.5) is 0 Å². The van der Waals surface area contributed by atoms with Gasteiger partial charge in [0.15, 0.2) is 12.4 Å². The molecule has 53 heavy (non-hydrogen) atoms. The number of aliphatic hydroxyl groups is 3. The normalized spacial score (nSPS) is 21.4. The van der Waals surface area contributed by atoms with Crippen LogP contribution in [0.15, 0.2) is 24.3 Å². The minimum Gasteiger partial charge on any atom is -0.462 e. The zero-order valence-corrected chi connectivity index (χ0v) is 33.4. The monoisotopic (exact) mass is 776 g/mol. The third kappa shape index (κ3) is 26.6. The second-order valence-electron chi connectivity index (χ2n) is 14.3. The third-order valence-corrected chi connectivity index (χ3v) is 10.0. The predicted octanol–water partition coefficient (Wildman–Crippen LogP) is 7.28. The largest absolute Gasteiger partial charge is 0.462 e. The quantitative estimate of drug-likeness (QED) is 0.0226. The highest BCUT2D eigenvalue weighted by Gasteiger charge is 2.46. The zero-order valence-electron chi connectivity index (χ0n) is 32.6. The van der Waals surface area contributed by atoms with Gasteiger partial charge in [0.05, 0.1) is 6.61 Å². The average molecular weight is 777 g/mol. The molecule has 0 spiro atoms. The molecule has 0 saturated carbocycles. The molecule has 1 aliphatic heterocycles. The van der Waals surface area contributed by atoms with Crippen LogP contribution in [-0.4, -0.2) is 96.0 Å². The van der Waals surface area contributed by atoms with E-state index in [4.69, 9.17) is 18.9 Å². The van der Waals surface area contributed by atoms with E-state index in [1.165, 1.54) is 57.8 Å². The SMILES string of the molecule is CCCCC/C=C/CCCCCCCC(=O)OC[C@H](CO[C@H]1O[C@H](CS(=O)(=O)O)[C@@H](O)C(O)C1O)OC(=O)CCCCC/C=C/CCCCCCCC. The van der Waals surface area contributed by atoms with E-state index in [1.54, 1.807) is 0 Å². The molecule has 0 bridgehead atoms. The first-order valence-corrected chi connectivity index (χ1v) is 22.0. The maximum Gasteiger partial charge on any atom is 0.306 e. The summed E-state index contributed by atoms with van der Waals surface area (Å²) in [7, 11) is -4.60. The van der Waals surface area contributed by atoms with Crippen molar-refractivity contribution in [1.82, 2.24) is 0 Å². The first-order valence-electron chi connectivity index (χ1n) is 20.4. The summed E-state index contributed by atoms with van der Waals surface area (Å²) in [6.07, 6.45) is 22.4. The van der Waals surface area contributed by atoms with Gasteiger partial charge in [-0.15, -0.1) is 0 Å². The maximum atomic E-state index is 12.7. The van der Waals surface area contributed by atoms with Gasteiger partial charge in [-0.05, 0) is 64.2 Å². The van der Waals surface area contributed by atoms with Crippen LogP contribution in [0.25, 0.3) is 0 Å². The van der Waals surface area contributed by atoms with E-state index < -0.39 is 71.2 Å². The number of carbonyl (C=O) groups excluding carboxylic acids is 2. The molecule has 0 aliphatic carbocycles. The van der Waals surface area contributed by atoms with Gasteiger partial charge in [0.1, 0.15) is 36.8 Å². The van der Waals surface area contributed by atoms with Gasteiger partial charge >= 0.3 is 11.9 Å². The summed E-state index contributed by atoms with van der Waals surface area (Å²) in [6, 6.07) is 0. The molecule has 310 valence electrons. The molecule has 13 heteroatoms. The van der Waals surface area contributed by atoms with Gasteiger partial charge < -0.3 is 34.3 Å². The zero-order chi connectivity index (χ0) is 39.2. The van der Waals surface area contributed by atoms with Crippen molar-refractivity contribution in [2.45, 2.75) is 198 Å². The first-order chi connectivity index (χ1) is 25.5. The summed E-state index contributed by atoms with van der Waals surface area (Å²) in [6.45, 7) is 3.68. The molecular weight excluding hydrogens is 704 g/mol. The Morgan fingerprint density at radius 1 is 0.623 bits per heavy atom. The van der Waals surface area contributed by atoms with Crippen molar-refractivity contribution in [2.24, 2.45) is 0 Å². The van der Waals surface area contributed by atoms with E-state index in [-0.39, 0.29) is 19.4 Å². The lowest BCUT2D eigenvalue weighted by Gasteiger charge is -2.40. The van der Waals surface area contributed by atoms with Crippen LogP contribution in [0.3, 0.4) is 0 Å². The van der Waals surface area contributed by atoms with Crippen LogP contribution in [0.5, 0.6) is 0 Å². The maximum absolute atomic E-state index is 12.7. The van der Waals surface area contributed by atoms with Gasteiger partial charge in [-0.3, -0.25) is 14.1 Å². The molecule has 1 fully saturated rings. The van der Waals surface area contributed by atoms with Crippen molar-refractivity contribution >= 4 is 22.1 Å². The van der Waals surface area contributed by atoms with E-state index in [9.17, 15) is 37.9 Å². The van der Waals surface area contributed by atoms with Crippen LogP contribution in [-0.2, 0) is 38.7 Å². The number of aliphatic hydroxyl groups excluding tert-OH is 3. The number of unbranched alkanes of at least 4 members (excludes halogenated alkanes) is 17. The topological polar surface area (TPSA) is 186 Å². The summed E-state index contributed by atoms with van der Waals surface area (Å²) in [4.78, 5) is 25.2. The van der Waals surface area contributed by atoms with Gasteiger partial charge in [0.25, 0.3) is 10.1 Å². The Balaban J connectivity index is 2.53. The van der Waals surface area contributed by atoms with Crippen LogP contribution in [0, 0.1) is 0 Å². The third-order valence-electron chi connectivity index (χ3n) is 9.25. The first kappa shape index (κ1) is 49.1. The predicted molar refractivity (Wildman–Crippen MR) is 206 cm³/mol. The van der Waals surface area contributed by atoms with Crippen molar-refractivity contribution in [3.8, 4) is 0 Å². The van der Waals surface area contributed by atoms with Crippen LogP contribution in [0.1, 0.15) is 162 Å². The fourth-order valence-electron chi connectivity index (χ4n) is 6.02. The molecule has 0 aromatic heterocycles. The average Bonchev–Trinajstić information content (AvgIpc) is 3.12. The summed E-state index contributed by atoms with van der Waals surface area (Å²) in [5.41, 5.74) is 0. The second-order valence-corrected chi connectivity index (χ2v) is 15.8. The van der Waals surface area contributed by atoms with E-state index >= 15 is 0 Å². The summed E-state index contributed by atoms with van der Waals surface area (Å²) in [5, 5.41) is 30.8. The van der Waals surface area contributed by atoms with Crippen molar-refractivity contribution in [2.75, 3.05) is 19.0 Å². The van der Waals surface area contributed by atoms with E-state index in [0.29, 0.717) is 12.8 Å². The lowest BCUT2D eigenvalue weighted by atomic mass is 10.00. The fourth-order valence-corrected chi connectivity index (χ4v) is 6.71. The van der Waals surface area contributed by atoms with Gasteiger partial charge in [0, 0.05) is 12.8 Å². The fraction of sp³-hybridized carbons (Fsp3) is 0.850. The summed E-state index contributed by atoms with van der Waals surface area (Å²) < 4.78 is 53.8. The highest BCUT2D eigenvalue weighted by atomic mass is 32.2. The molecule has 2 unspecified atom stereocenters. The van der Waals surface area contributed by atoms with Crippen molar-refractivity contribution in [3.63, 3.8) is 0 Å². The molecular formula is C40H72O12S. The Labute approximate surface area is 319 Å². The Hall–Kier alpha value is -1.87. The molecule has 0 amide bonds. The van der Waals surface area contributed by atoms with E-state index in [1.807, 2.05) is 0 Å². The lowest BCUT2D eigenvalue weighted by Crippen LogP contribution is -2.60. The van der Waals surface area contributed by atoms with Gasteiger partial charge in [-0.1, -0.05) is 109 Å². The summed E-state index contributed by atoms with van der Waals surface area (Å²) >= 11 is 0. The molecule has 0 aromatic carbocycles. The van der Waals surface area contributed by atoms with Crippen LogP contribution >= 0.6 is 0 Å². The molecule has 1 rings (SSSR count). The highest BCUT2D eigenvalue weighted by molar-refractivity contribution is 7.85. The Morgan fingerprint density at radius 2 is 1.08 bits per heavy atom. The molecule has 0 radical (unpaired) electrons. The minimum atomic E-state index is -4.60. The molecule has 1 saturated heterocycles. The Bertz CT molecular complexity index is 1100. The van der Waals surface area contributed by atoms with Gasteiger partial charge in [-0.2, -0.15) is 8.42 Å². The number of allylic oxidation sites excluding steroid dienone is 4. The number of esters is 2. The number of ether oxygens (including phenoxy) is 4. The molecule has 0 aromatic rings. The van der Waals surface area contributed by atoms with Gasteiger partial charge in [0.2, 0.25) is 0 Å². The number of carbonyl (C=O) groups is 2. The molecule has 4 N–H and O–H groups in total. The number of rotatable bonds is 33. The van der Waals surface area contributed by atoms with E-state index in [0.717, 1.165) is 64.2 Å². The second kappa shape index (κ2) is 31.3. The van der Waals surface area contributed by atoms with Crippen molar-refractivity contribution < 1.29 is 56.8 Å². The standard InChI is InChI=1S/C40H72O12S/c1-3-5-7-9-11-13-15-17-19-21-23-25-27-29-36(42)51-33(31-50-40-39(45)38(44)37(43)34(52-40)32-53(46,47)48)30-49-35(41)28-26-24-22-20-18-16-14-12-10-8-6-4-2/h12,14,17,19,33-34,37-40,43-45H,3-11,13,15-16,18,20-32H2,1-2H3,(H,46,47,48)/b14-12+,19-17+/t33-,34-,37-,38?,39?,40+/m1/s1. The molecule has 1 aliphatic rings.